The Morgan fingerprint density at radius 2 is 1.81 bits per heavy atom. The number of hydrogen-bond donors (Lipinski definition) is 2. The number of hydrogen-bond acceptors (Lipinski definition) is 2. The second kappa shape index (κ2) is 4.47. The van der Waals surface area contributed by atoms with E-state index in [1.165, 1.54) is 12.1 Å². The molecule has 0 aliphatic heterocycles. The largest absolute Gasteiger partial charge is 0.391 e. The van der Waals surface area contributed by atoms with Crippen LogP contribution in [0.25, 0.3) is 0 Å². The van der Waals surface area contributed by atoms with Crippen molar-refractivity contribution in [2.45, 2.75) is 32.9 Å². The van der Waals surface area contributed by atoms with Gasteiger partial charge in [-0.1, -0.05) is 32.9 Å². The van der Waals surface area contributed by atoms with Crippen LogP contribution in [0.15, 0.2) is 18.2 Å². The fourth-order valence-corrected chi connectivity index (χ4v) is 1.49. The number of aliphatic hydroxyl groups excluding tert-OH is 1. The summed E-state index contributed by atoms with van der Waals surface area (Å²) in [6, 6.07) is 2.85. The Morgan fingerprint density at radius 3 is 2.31 bits per heavy atom. The first-order valence-corrected chi connectivity index (χ1v) is 5.12. The summed E-state index contributed by atoms with van der Waals surface area (Å²) < 4.78 is 26.4. The number of halogens is 2. The maximum Gasteiger partial charge on any atom is 0.163 e. The molecule has 0 aliphatic rings. The molecule has 1 rings (SSSR count). The van der Waals surface area contributed by atoms with Crippen molar-refractivity contribution >= 4 is 0 Å². The molecule has 0 amide bonds. The van der Waals surface area contributed by atoms with Gasteiger partial charge in [0.15, 0.2) is 11.6 Å². The summed E-state index contributed by atoms with van der Waals surface area (Å²) in [5.41, 5.74) is 5.25. The highest BCUT2D eigenvalue weighted by molar-refractivity contribution is 5.23. The van der Waals surface area contributed by atoms with Crippen LogP contribution in [0.5, 0.6) is 0 Å². The quantitative estimate of drug-likeness (QED) is 0.817. The predicted molar refractivity (Wildman–Crippen MR) is 58.7 cm³/mol. The number of aliphatic hydroxyl groups is 1. The molecule has 1 aromatic carbocycles. The van der Waals surface area contributed by atoms with Gasteiger partial charge in [0.25, 0.3) is 0 Å². The third kappa shape index (κ3) is 2.57. The lowest BCUT2D eigenvalue weighted by molar-refractivity contribution is 0.0390. The SMILES string of the molecule is CC(C)(C)[C@H](O)[C@H](N)c1cccc(F)c1F. The Balaban J connectivity index is 3.06. The summed E-state index contributed by atoms with van der Waals surface area (Å²) in [5.74, 6) is -1.94. The molecule has 4 heteroatoms. The van der Waals surface area contributed by atoms with Crippen LogP contribution in [0, 0.1) is 17.0 Å². The number of nitrogens with two attached hydrogens (primary N) is 1. The average molecular weight is 229 g/mol. The lowest BCUT2D eigenvalue weighted by Crippen LogP contribution is -2.37. The fraction of sp³-hybridized carbons (Fsp3) is 0.500. The molecule has 0 aromatic heterocycles. The molecule has 90 valence electrons. The highest BCUT2D eigenvalue weighted by Crippen LogP contribution is 2.30. The second-order valence-corrected chi connectivity index (χ2v) is 4.98. The minimum atomic E-state index is -0.988. The van der Waals surface area contributed by atoms with Gasteiger partial charge < -0.3 is 10.8 Å². The maximum atomic E-state index is 13.4. The molecule has 1 aromatic rings. The van der Waals surface area contributed by atoms with Crippen molar-refractivity contribution in [1.29, 1.82) is 0 Å². The molecular weight excluding hydrogens is 212 g/mol. The maximum absolute atomic E-state index is 13.4. The van der Waals surface area contributed by atoms with Crippen molar-refractivity contribution in [3.8, 4) is 0 Å². The molecule has 0 fully saturated rings. The topological polar surface area (TPSA) is 46.2 Å². The van der Waals surface area contributed by atoms with E-state index < -0.39 is 29.2 Å². The molecule has 0 bridgehead atoms. The van der Waals surface area contributed by atoms with Crippen molar-refractivity contribution in [3.05, 3.63) is 35.4 Å². The lowest BCUT2D eigenvalue weighted by atomic mass is 9.82. The molecule has 0 heterocycles. The van der Waals surface area contributed by atoms with E-state index in [9.17, 15) is 13.9 Å². The van der Waals surface area contributed by atoms with Crippen molar-refractivity contribution in [1.82, 2.24) is 0 Å². The van der Waals surface area contributed by atoms with Crippen LogP contribution in [-0.2, 0) is 0 Å². The van der Waals surface area contributed by atoms with E-state index >= 15 is 0 Å². The van der Waals surface area contributed by atoms with E-state index in [1.54, 1.807) is 20.8 Å². The standard InChI is InChI=1S/C12H17F2NO/c1-12(2,3)11(16)10(15)7-5-4-6-8(13)9(7)14/h4-6,10-11,16H,15H2,1-3H3/t10-,11-/m1/s1. The van der Waals surface area contributed by atoms with Crippen LogP contribution >= 0.6 is 0 Å². The van der Waals surface area contributed by atoms with Crippen LogP contribution in [-0.4, -0.2) is 11.2 Å². The van der Waals surface area contributed by atoms with E-state index in [0.717, 1.165) is 6.07 Å². The van der Waals surface area contributed by atoms with Crippen molar-refractivity contribution in [3.63, 3.8) is 0 Å². The molecule has 2 atom stereocenters. The number of rotatable bonds is 2. The Morgan fingerprint density at radius 1 is 1.25 bits per heavy atom. The van der Waals surface area contributed by atoms with Crippen molar-refractivity contribution < 1.29 is 13.9 Å². The zero-order chi connectivity index (χ0) is 12.5. The first-order chi connectivity index (χ1) is 7.25. The lowest BCUT2D eigenvalue weighted by Gasteiger charge is -2.31. The number of benzene rings is 1. The van der Waals surface area contributed by atoms with Crippen LogP contribution < -0.4 is 5.73 Å². The molecular formula is C12H17F2NO. The normalized spacial score (nSPS) is 15.9. The average Bonchev–Trinajstić information content (AvgIpc) is 2.18. The van der Waals surface area contributed by atoms with Gasteiger partial charge in [-0.25, -0.2) is 8.78 Å². The summed E-state index contributed by atoms with van der Waals surface area (Å²) in [6.07, 6.45) is -0.941. The van der Waals surface area contributed by atoms with E-state index in [2.05, 4.69) is 0 Å². The smallest absolute Gasteiger partial charge is 0.163 e. The molecule has 3 N–H and O–H groups in total. The first kappa shape index (κ1) is 13.1. The third-order valence-corrected chi connectivity index (χ3v) is 2.57. The van der Waals surface area contributed by atoms with E-state index in [4.69, 9.17) is 5.73 Å². The van der Waals surface area contributed by atoms with Crippen LogP contribution in [0.1, 0.15) is 32.4 Å². The summed E-state index contributed by atoms with van der Waals surface area (Å²) >= 11 is 0. The third-order valence-electron chi connectivity index (χ3n) is 2.57. The molecule has 0 unspecified atom stereocenters. The molecule has 0 spiro atoms. The Hall–Kier alpha value is -1.00. The highest BCUT2D eigenvalue weighted by Gasteiger charge is 2.31. The fourth-order valence-electron chi connectivity index (χ4n) is 1.49. The minimum absolute atomic E-state index is 0.00225. The minimum Gasteiger partial charge on any atom is -0.391 e. The van der Waals surface area contributed by atoms with E-state index in [-0.39, 0.29) is 5.56 Å². The summed E-state index contributed by atoms with van der Waals surface area (Å²) in [7, 11) is 0. The second-order valence-electron chi connectivity index (χ2n) is 4.98. The summed E-state index contributed by atoms with van der Waals surface area (Å²) in [5, 5.41) is 9.91. The van der Waals surface area contributed by atoms with Gasteiger partial charge in [0, 0.05) is 5.56 Å². The van der Waals surface area contributed by atoms with Crippen LogP contribution in [0.4, 0.5) is 8.78 Å². The first-order valence-electron chi connectivity index (χ1n) is 5.12. The van der Waals surface area contributed by atoms with Gasteiger partial charge in [0.05, 0.1) is 12.1 Å². The van der Waals surface area contributed by atoms with Gasteiger partial charge in [-0.2, -0.15) is 0 Å². The van der Waals surface area contributed by atoms with Crippen molar-refractivity contribution in [2.75, 3.05) is 0 Å². The molecule has 16 heavy (non-hydrogen) atoms. The van der Waals surface area contributed by atoms with Crippen LogP contribution in [0.3, 0.4) is 0 Å². The van der Waals surface area contributed by atoms with E-state index in [0.29, 0.717) is 0 Å². The van der Waals surface area contributed by atoms with Gasteiger partial charge in [-0.15, -0.1) is 0 Å². The summed E-state index contributed by atoms with van der Waals surface area (Å²) in [4.78, 5) is 0. The van der Waals surface area contributed by atoms with Gasteiger partial charge in [0.2, 0.25) is 0 Å². The molecule has 2 nitrogen and oxygen atoms in total. The van der Waals surface area contributed by atoms with E-state index in [1.807, 2.05) is 0 Å². The molecule has 0 saturated heterocycles. The van der Waals surface area contributed by atoms with Gasteiger partial charge in [0.1, 0.15) is 0 Å². The zero-order valence-corrected chi connectivity index (χ0v) is 9.67. The van der Waals surface area contributed by atoms with Gasteiger partial charge >= 0.3 is 0 Å². The van der Waals surface area contributed by atoms with Gasteiger partial charge in [-0.3, -0.25) is 0 Å². The Kier molecular flexibility index (Phi) is 3.65. The molecule has 0 aliphatic carbocycles. The molecule has 0 saturated carbocycles. The zero-order valence-electron chi connectivity index (χ0n) is 9.67. The van der Waals surface area contributed by atoms with Crippen LogP contribution in [0.2, 0.25) is 0 Å². The molecule has 0 radical (unpaired) electrons. The predicted octanol–water partition coefficient (Wildman–Crippen LogP) is 2.37. The van der Waals surface area contributed by atoms with Gasteiger partial charge in [-0.05, 0) is 11.5 Å². The highest BCUT2D eigenvalue weighted by atomic mass is 19.2. The monoisotopic (exact) mass is 229 g/mol. The van der Waals surface area contributed by atoms with Crippen molar-refractivity contribution in [2.24, 2.45) is 11.1 Å². The Bertz CT molecular complexity index is 374. The Labute approximate surface area is 94.1 Å². The summed E-state index contributed by atoms with van der Waals surface area (Å²) in [6.45, 7) is 5.36.